The fourth-order valence-corrected chi connectivity index (χ4v) is 5.15. The Labute approximate surface area is 211 Å². The lowest BCUT2D eigenvalue weighted by Crippen LogP contribution is -2.52. The van der Waals surface area contributed by atoms with Gasteiger partial charge < -0.3 is 24.5 Å². The topological polar surface area (TPSA) is 133 Å². The predicted octanol–water partition coefficient (Wildman–Crippen LogP) is 2.70. The van der Waals surface area contributed by atoms with Crippen LogP contribution in [0.1, 0.15) is 40.6 Å². The maximum atomic E-state index is 13.2. The molecule has 3 N–H and O–H groups in total. The van der Waals surface area contributed by atoms with E-state index in [1.165, 1.54) is 12.0 Å². The van der Waals surface area contributed by atoms with Crippen LogP contribution >= 0.6 is 0 Å². The molecule has 10 nitrogen and oxygen atoms in total. The number of furan rings is 1. The molecule has 0 bridgehead atoms. The number of carbonyl (C=O) groups is 3. The lowest BCUT2D eigenvalue weighted by Gasteiger charge is -2.29. The molecule has 6 rings (SSSR count). The number of ether oxygens (including phenoxy) is 1. The van der Waals surface area contributed by atoms with E-state index >= 15 is 0 Å². The Morgan fingerprint density at radius 1 is 1.16 bits per heavy atom. The lowest BCUT2D eigenvalue weighted by atomic mass is 9.86. The number of carbonyl (C=O) groups excluding carboxylic acids is 3. The minimum atomic E-state index is -1.61. The molecule has 0 radical (unpaired) electrons. The van der Waals surface area contributed by atoms with Gasteiger partial charge in [-0.3, -0.25) is 19.9 Å². The van der Waals surface area contributed by atoms with Gasteiger partial charge in [0.05, 0.1) is 19.3 Å². The van der Waals surface area contributed by atoms with E-state index in [4.69, 9.17) is 9.15 Å². The maximum absolute atomic E-state index is 13.2. The molecule has 2 unspecified atom stereocenters. The number of nitrogens with zero attached hydrogens (tertiary/aromatic N) is 2. The van der Waals surface area contributed by atoms with Crippen molar-refractivity contribution in [2.45, 2.75) is 31.0 Å². The molecule has 3 aliphatic rings. The highest BCUT2D eigenvalue weighted by Crippen LogP contribution is 2.37. The molecule has 10 heteroatoms. The number of methoxy groups -OCH3 is 1. The number of urea groups is 1. The van der Waals surface area contributed by atoms with Gasteiger partial charge in [0.1, 0.15) is 17.1 Å². The second-order valence-electron chi connectivity index (χ2n) is 9.71. The van der Waals surface area contributed by atoms with Gasteiger partial charge in [0.2, 0.25) is 0 Å². The van der Waals surface area contributed by atoms with Gasteiger partial charge in [0.15, 0.2) is 5.54 Å². The average molecular weight is 501 g/mol. The van der Waals surface area contributed by atoms with Gasteiger partial charge in [-0.05, 0) is 48.4 Å². The van der Waals surface area contributed by atoms with E-state index in [0.29, 0.717) is 34.3 Å². The van der Waals surface area contributed by atoms with E-state index in [1.807, 2.05) is 18.2 Å². The zero-order valence-corrected chi connectivity index (χ0v) is 20.2. The Kier molecular flexibility index (Phi) is 4.99. The van der Waals surface area contributed by atoms with Crippen LogP contribution in [0.15, 0.2) is 58.1 Å². The van der Waals surface area contributed by atoms with Crippen LogP contribution in [0.25, 0.3) is 16.5 Å². The summed E-state index contributed by atoms with van der Waals surface area (Å²) < 4.78 is 11.3. The molecule has 37 heavy (non-hydrogen) atoms. The van der Waals surface area contributed by atoms with Gasteiger partial charge in [-0.15, -0.1) is 0 Å². The molecule has 0 spiro atoms. The van der Waals surface area contributed by atoms with Crippen molar-refractivity contribution in [2.24, 2.45) is 4.99 Å². The third-order valence-electron chi connectivity index (χ3n) is 7.19. The van der Waals surface area contributed by atoms with Crippen LogP contribution in [-0.4, -0.2) is 53.3 Å². The second-order valence-corrected chi connectivity index (χ2v) is 9.71. The van der Waals surface area contributed by atoms with E-state index in [-0.39, 0.29) is 24.8 Å². The van der Waals surface area contributed by atoms with Gasteiger partial charge in [-0.2, -0.15) is 0 Å². The number of rotatable bonds is 5. The zero-order valence-electron chi connectivity index (χ0n) is 20.2. The summed E-state index contributed by atoms with van der Waals surface area (Å²) in [6.07, 6.45) is 3.68. The van der Waals surface area contributed by atoms with E-state index in [1.54, 1.807) is 43.6 Å². The largest absolute Gasteiger partial charge is 0.497 e. The smallest absolute Gasteiger partial charge is 0.322 e. The molecule has 3 aliphatic heterocycles. The standard InChI is InChI=1S/C27H24N4O6/c1-26(35)7-8-28-12-20(26)15-4-6-21-17(9-15)10-22(37-21)27(24(33)29-25(34)30-27)14-31-13-16-3-5-18(36-2)11-19(16)23(31)32/h3-6,8-12,35H,7,13-14H2,1-2H3,(H2,29,30,33,34). The molecular formula is C27H24N4O6. The number of hydrogen-bond donors (Lipinski definition) is 3. The monoisotopic (exact) mass is 500 g/mol. The summed E-state index contributed by atoms with van der Waals surface area (Å²) in [4.78, 5) is 44.4. The lowest BCUT2D eigenvalue weighted by molar-refractivity contribution is -0.125. The van der Waals surface area contributed by atoms with Crippen molar-refractivity contribution in [3.8, 4) is 5.75 Å². The van der Waals surface area contributed by atoms with Crippen molar-refractivity contribution in [3.63, 3.8) is 0 Å². The third-order valence-corrected chi connectivity index (χ3v) is 7.19. The van der Waals surface area contributed by atoms with E-state index in [9.17, 15) is 19.5 Å². The Balaban J connectivity index is 1.38. The average Bonchev–Trinajstić information content (AvgIpc) is 3.52. The number of fused-ring (bicyclic) bond motifs is 2. The van der Waals surface area contributed by atoms with Crippen LogP contribution in [0.4, 0.5) is 4.79 Å². The highest BCUT2D eigenvalue weighted by molar-refractivity contribution is 6.08. The molecule has 188 valence electrons. The van der Waals surface area contributed by atoms with Gasteiger partial charge in [-0.1, -0.05) is 12.1 Å². The summed E-state index contributed by atoms with van der Waals surface area (Å²) in [6, 6.07) is 11.7. The molecular weight excluding hydrogens is 476 g/mol. The summed E-state index contributed by atoms with van der Waals surface area (Å²) in [5, 5.41) is 16.5. The highest BCUT2D eigenvalue weighted by Gasteiger charge is 2.53. The molecule has 2 aromatic carbocycles. The van der Waals surface area contributed by atoms with Gasteiger partial charge in [0, 0.05) is 41.9 Å². The van der Waals surface area contributed by atoms with Gasteiger partial charge in [-0.25, -0.2) is 4.79 Å². The third kappa shape index (κ3) is 3.60. The molecule has 0 saturated carbocycles. The Morgan fingerprint density at radius 2 is 2.00 bits per heavy atom. The summed E-state index contributed by atoms with van der Waals surface area (Å²) in [6.45, 7) is 1.88. The number of benzene rings is 2. The number of imide groups is 1. The Morgan fingerprint density at radius 3 is 2.73 bits per heavy atom. The highest BCUT2D eigenvalue weighted by atomic mass is 16.5. The molecule has 4 heterocycles. The van der Waals surface area contributed by atoms with Crippen LogP contribution in [0.5, 0.6) is 5.75 Å². The van der Waals surface area contributed by atoms with Crippen LogP contribution in [0.2, 0.25) is 0 Å². The molecule has 0 aliphatic carbocycles. The zero-order chi connectivity index (χ0) is 25.9. The van der Waals surface area contributed by atoms with Crippen molar-refractivity contribution in [3.05, 3.63) is 71.1 Å². The fraction of sp³-hybridized carbons (Fsp3) is 0.259. The second kappa shape index (κ2) is 8.04. The van der Waals surface area contributed by atoms with Crippen molar-refractivity contribution < 1.29 is 28.6 Å². The minimum Gasteiger partial charge on any atom is -0.497 e. The fourth-order valence-electron chi connectivity index (χ4n) is 5.15. The first kappa shape index (κ1) is 23.0. The molecule has 4 amide bonds. The van der Waals surface area contributed by atoms with E-state index < -0.39 is 23.1 Å². The van der Waals surface area contributed by atoms with Crippen molar-refractivity contribution in [2.75, 3.05) is 13.7 Å². The van der Waals surface area contributed by atoms with Crippen molar-refractivity contribution >= 4 is 40.6 Å². The molecule has 1 aromatic heterocycles. The summed E-state index contributed by atoms with van der Waals surface area (Å²) >= 11 is 0. The first-order chi connectivity index (χ1) is 17.7. The number of aliphatic imine (C=N–C) groups is 1. The van der Waals surface area contributed by atoms with Gasteiger partial charge >= 0.3 is 6.03 Å². The number of nitrogens with one attached hydrogen (secondary N) is 2. The predicted molar refractivity (Wildman–Crippen MR) is 134 cm³/mol. The Hall–Kier alpha value is -4.44. The van der Waals surface area contributed by atoms with Crippen LogP contribution in [0.3, 0.4) is 0 Å². The molecule has 1 fully saturated rings. The summed E-state index contributed by atoms with van der Waals surface area (Å²) in [5.41, 5.74) is 0.521. The Bertz CT molecular complexity index is 1550. The normalized spacial score (nSPS) is 24.8. The quantitative estimate of drug-likeness (QED) is 0.462. The molecule has 2 atom stereocenters. The minimum absolute atomic E-state index is 0.123. The van der Waals surface area contributed by atoms with Crippen LogP contribution in [-0.2, 0) is 16.9 Å². The summed E-state index contributed by atoms with van der Waals surface area (Å²) in [7, 11) is 1.53. The number of hydrogen-bond acceptors (Lipinski definition) is 7. The van der Waals surface area contributed by atoms with E-state index in [0.717, 1.165) is 11.1 Å². The number of amides is 4. The molecule has 1 saturated heterocycles. The van der Waals surface area contributed by atoms with Gasteiger partial charge in [0.25, 0.3) is 11.8 Å². The first-order valence-electron chi connectivity index (χ1n) is 11.8. The number of aliphatic hydroxyl groups is 1. The SMILES string of the molecule is COc1ccc2c(c1)C(=O)N(CC1(c3cc4cc(C5=CN=CCC5(C)O)ccc4o3)NC(=O)NC1=O)C2. The van der Waals surface area contributed by atoms with Crippen LogP contribution < -0.4 is 15.4 Å². The maximum Gasteiger partial charge on any atom is 0.322 e. The van der Waals surface area contributed by atoms with Crippen molar-refractivity contribution in [1.29, 1.82) is 0 Å². The van der Waals surface area contributed by atoms with Crippen molar-refractivity contribution in [1.82, 2.24) is 15.5 Å². The summed E-state index contributed by atoms with van der Waals surface area (Å²) in [5.74, 6) is -0.119. The molecule has 3 aromatic rings. The van der Waals surface area contributed by atoms with E-state index in [2.05, 4.69) is 15.6 Å². The first-order valence-corrected chi connectivity index (χ1v) is 11.8. The van der Waals surface area contributed by atoms with Crippen LogP contribution in [0, 0.1) is 0 Å².